The highest BCUT2D eigenvalue weighted by Crippen LogP contribution is 2.25. The van der Waals surface area contributed by atoms with Crippen molar-refractivity contribution in [1.82, 2.24) is 4.98 Å². The molecule has 0 bridgehead atoms. The Kier molecular flexibility index (Phi) is 3.36. The summed E-state index contributed by atoms with van der Waals surface area (Å²) in [6.45, 7) is 4.86. The average Bonchev–Trinajstić information content (AvgIpc) is 2.28. The van der Waals surface area contributed by atoms with Crippen molar-refractivity contribution in [2.45, 2.75) is 18.2 Å². The van der Waals surface area contributed by atoms with Crippen LogP contribution in [0.15, 0.2) is 4.34 Å². The normalized spacial score (nSPS) is 10.5. The Morgan fingerprint density at radius 2 is 2.27 bits per heavy atom. The highest BCUT2D eigenvalue weighted by molar-refractivity contribution is 8.01. The van der Waals surface area contributed by atoms with Gasteiger partial charge in [0.25, 0.3) is 0 Å². The summed E-state index contributed by atoms with van der Waals surface area (Å²) in [5.74, 6) is 0.965. The van der Waals surface area contributed by atoms with Crippen LogP contribution >= 0.6 is 23.1 Å². The highest BCUT2D eigenvalue weighted by atomic mass is 32.2. The molecule has 0 atom stereocenters. The van der Waals surface area contributed by atoms with Crippen LogP contribution in [0.5, 0.6) is 0 Å². The molecule has 1 aromatic heterocycles. The molecule has 1 heterocycles. The monoisotopic (exact) mass is 188 g/mol. The molecule has 2 N–H and O–H groups in total. The van der Waals surface area contributed by atoms with Gasteiger partial charge in [-0.25, -0.2) is 4.98 Å². The number of thioether (sulfide) groups is 1. The van der Waals surface area contributed by atoms with E-state index >= 15 is 0 Å². The molecule has 0 aliphatic rings. The lowest BCUT2D eigenvalue weighted by atomic mass is 10.4. The summed E-state index contributed by atoms with van der Waals surface area (Å²) >= 11 is 3.49. The zero-order valence-corrected chi connectivity index (χ0v) is 8.39. The molecular formula is C7H12N2S2. The van der Waals surface area contributed by atoms with E-state index < -0.39 is 0 Å². The van der Waals surface area contributed by atoms with Gasteiger partial charge in [0.1, 0.15) is 4.34 Å². The van der Waals surface area contributed by atoms with Crippen LogP contribution in [0.3, 0.4) is 0 Å². The van der Waals surface area contributed by atoms with Gasteiger partial charge in [0.15, 0.2) is 0 Å². The van der Waals surface area contributed by atoms with Crippen molar-refractivity contribution in [3.05, 3.63) is 10.6 Å². The lowest BCUT2D eigenvalue weighted by Crippen LogP contribution is -2.00. The Bertz CT molecular complexity index is 213. The molecule has 0 saturated heterocycles. The first-order valence-electron chi connectivity index (χ1n) is 3.51. The van der Waals surface area contributed by atoms with E-state index in [-0.39, 0.29) is 0 Å². The minimum Gasteiger partial charge on any atom is -0.330 e. The Morgan fingerprint density at radius 3 is 2.73 bits per heavy atom. The minimum absolute atomic E-state index is 0.725. The quantitative estimate of drug-likeness (QED) is 0.735. The van der Waals surface area contributed by atoms with Gasteiger partial charge in [0, 0.05) is 17.2 Å². The van der Waals surface area contributed by atoms with Crippen molar-refractivity contribution in [1.29, 1.82) is 0 Å². The van der Waals surface area contributed by atoms with Crippen LogP contribution in [0.1, 0.15) is 10.6 Å². The molecule has 62 valence electrons. The van der Waals surface area contributed by atoms with Crippen LogP contribution in [-0.4, -0.2) is 17.3 Å². The Hall–Kier alpha value is -0.0600. The van der Waals surface area contributed by atoms with E-state index in [1.807, 2.05) is 6.92 Å². The molecule has 11 heavy (non-hydrogen) atoms. The SMILES string of the molecule is Cc1nc(SCCN)sc1C. The number of thiazole rings is 1. The fraction of sp³-hybridized carbons (Fsp3) is 0.571. The second-order valence-corrected chi connectivity index (χ2v) is 4.80. The van der Waals surface area contributed by atoms with E-state index in [0.29, 0.717) is 0 Å². The molecule has 0 aromatic carbocycles. The molecule has 0 unspecified atom stereocenters. The third-order valence-corrected chi connectivity index (χ3v) is 3.60. The van der Waals surface area contributed by atoms with Crippen molar-refractivity contribution >= 4 is 23.1 Å². The van der Waals surface area contributed by atoms with Gasteiger partial charge in [-0.05, 0) is 13.8 Å². The molecule has 4 heteroatoms. The zero-order valence-electron chi connectivity index (χ0n) is 6.76. The number of aryl methyl sites for hydroxylation is 2. The standard InChI is InChI=1S/C7H12N2S2/c1-5-6(2)11-7(9-5)10-4-3-8/h3-4,8H2,1-2H3. The van der Waals surface area contributed by atoms with Crippen LogP contribution in [0.2, 0.25) is 0 Å². The highest BCUT2D eigenvalue weighted by Gasteiger charge is 2.02. The summed E-state index contributed by atoms with van der Waals surface area (Å²) in [4.78, 5) is 5.68. The van der Waals surface area contributed by atoms with Gasteiger partial charge < -0.3 is 5.73 Å². The van der Waals surface area contributed by atoms with Crippen molar-refractivity contribution < 1.29 is 0 Å². The predicted octanol–water partition coefficient (Wildman–Crippen LogP) is 1.81. The Morgan fingerprint density at radius 1 is 1.55 bits per heavy atom. The number of nitrogens with zero attached hydrogens (tertiary/aromatic N) is 1. The maximum absolute atomic E-state index is 5.38. The van der Waals surface area contributed by atoms with Crippen LogP contribution < -0.4 is 5.73 Å². The third kappa shape index (κ3) is 2.47. The first-order chi connectivity index (χ1) is 5.24. The van der Waals surface area contributed by atoms with E-state index in [1.165, 1.54) is 4.88 Å². The lowest BCUT2D eigenvalue weighted by molar-refractivity contribution is 1.12. The molecule has 0 spiro atoms. The van der Waals surface area contributed by atoms with E-state index in [0.717, 1.165) is 22.3 Å². The van der Waals surface area contributed by atoms with Gasteiger partial charge in [-0.15, -0.1) is 11.3 Å². The first-order valence-corrected chi connectivity index (χ1v) is 5.31. The zero-order chi connectivity index (χ0) is 8.27. The average molecular weight is 188 g/mol. The summed E-state index contributed by atoms with van der Waals surface area (Å²) < 4.78 is 1.14. The lowest BCUT2D eigenvalue weighted by Gasteiger charge is -1.90. The minimum atomic E-state index is 0.725. The fourth-order valence-electron chi connectivity index (χ4n) is 0.651. The molecule has 0 amide bonds. The van der Waals surface area contributed by atoms with Crippen molar-refractivity contribution in [2.24, 2.45) is 5.73 Å². The number of aromatic nitrogens is 1. The van der Waals surface area contributed by atoms with Gasteiger partial charge in [-0.3, -0.25) is 0 Å². The number of nitrogens with two attached hydrogens (primary N) is 1. The fourth-order valence-corrected chi connectivity index (χ4v) is 2.64. The maximum atomic E-state index is 5.38. The van der Waals surface area contributed by atoms with Crippen LogP contribution in [-0.2, 0) is 0 Å². The second kappa shape index (κ2) is 4.09. The summed E-state index contributed by atoms with van der Waals surface area (Å²) in [6.07, 6.45) is 0. The number of hydrogen-bond donors (Lipinski definition) is 1. The molecule has 1 aromatic rings. The van der Waals surface area contributed by atoms with Crippen molar-refractivity contribution in [3.63, 3.8) is 0 Å². The topological polar surface area (TPSA) is 38.9 Å². The molecular weight excluding hydrogens is 176 g/mol. The van der Waals surface area contributed by atoms with Crippen molar-refractivity contribution in [3.8, 4) is 0 Å². The third-order valence-electron chi connectivity index (χ3n) is 1.35. The van der Waals surface area contributed by atoms with E-state index in [2.05, 4.69) is 11.9 Å². The Balaban J connectivity index is 2.58. The van der Waals surface area contributed by atoms with E-state index in [4.69, 9.17) is 5.73 Å². The van der Waals surface area contributed by atoms with Crippen LogP contribution in [0.25, 0.3) is 0 Å². The first kappa shape index (κ1) is 9.03. The smallest absolute Gasteiger partial charge is 0.150 e. The van der Waals surface area contributed by atoms with Gasteiger partial charge in [0.05, 0.1) is 5.69 Å². The van der Waals surface area contributed by atoms with Gasteiger partial charge in [-0.1, -0.05) is 11.8 Å². The molecule has 0 saturated carbocycles. The van der Waals surface area contributed by atoms with Crippen molar-refractivity contribution in [2.75, 3.05) is 12.3 Å². The molecule has 0 fully saturated rings. The van der Waals surface area contributed by atoms with Crippen LogP contribution in [0.4, 0.5) is 0 Å². The largest absolute Gasteiger partial charge is 0.330 e. The van der Waals surface area contributed by atoms with Crippen LogP contribution in [0, 0.1) is 13.8 Å². The van der Waals surface area contributed by atoms with E-state index in [1.54, 1.807) is 23.1 Å². The van der Waals surface area contributed by atoms with Gasteiger partial charge in [0.2, 0.25) is 0 Å². The summed E-state index contributed by atoms with van der Waals surface area (Å²) in [7, 11) is 0. The molecule has 0 aliphatic carbocycles. The number of hydrogen-bond acceptors (Lipinski definition) is 4. The second-order valence-electron chi connectivity index (χ2n) is 2.26. The molecule has 1 rings (SSSR count). The Labute approximate surface area is 75.2 Å². The number of rotatable bonds is 3. The van der Waals surface area contributed by atoms with E-state index in [9.17, 15) is 0 Å². The molecule has 0 aliphatic heterocycles. The maximum Gasteiger partial charge on any atom is 0.150 e. The molecule has 2 nitrogen and oxygen atoms in total. The summed E-state index contributed by atoms with van der Waals surface area (Å²) in [5, 5.41) is 0. The van der Waals surface area contributed by atoms with Gasteiger partial charge >= 0.3 is 0 Å². The predicted molar refractivity (Wildman–Crippen MR) is 51.4 cm³/mol. The molecule has 0 radical (unpaired) electrons. The summed E-state index contributed by atoms with van der Waals surface area (Å²) in [5.41, 5.74) is 6.52. The van der Waals surface area contributed by atoms with Gasteiger partial charge in [-0.2, -0.15) is 0 Å². The summed E-state index contributed by atoms with van der Waals surface area (Å²) in [6, 6.07) is 0.